The third-order valence-electron chi connectivity index (χ3n) is 5.15. The molecule has 0 aliphatic carbocycles. The highest BCUT2D eigenvalue weighted by Gasteiger charge is 2.37. The first-order valence-corrected chi connectivity index (χ1v) is 7.93. The summed E-state index contributed by atoms with van der Waals surface area (Å²) in [6.07, 6.45) is 3.56. The molecule has 0 saturated carbocycles. The molecule has 2 aliphatic rings. The van der Waals surface area contributed by atoms with Crippen LogP contribution in [0.5, 0.6) is 0 Å². The third kappa shape index (κ3) is 3.62. The molecule has 1 aromatic carbocycles. The van der Waals surface area contributed by atoms with Gasteiger partial charge in [-0.05, 0) is 49.8 Å². The molecule has 3 rings (SSSR count). The molecule has 5 heteroatoms. The number of carbonyl (C=O) groups excluding carboxylic acids is 1. The zero-order valence-corrected chi connectivity index (χ0v) is 13.6. The zero-order valence-electron chi connectivity index (χ0n) is 12.8. The molecule has 0 bridgehead atoms. The van der Waals surface area contributed by atoms with Crippen LogP contribution in [0.25, 0.3) is 0 Å². The number of benzene rings is 1. The first-order chi connectivity index (χ1) is 10.2. The van der Waals surface area contributed by atoms with Crippen LogP contribution in [0.1, 0.15) is 37.4 Å². The molecule has 1 spiro atoms. The summed E-state index contributed by atoms with van der Waals surface area (Å²) in [7, 11) is 0. The number of rotatable bonds is 2. The average Bonchev–Trinajstić information content (AvgIpc) is 2.56. The number of nitrogens with zero attached hydrogens (tertiary/aromatic N) is 1. The van der Waals surface area contributed by atoms with Crippen molar-refractivity contribution < 1.29 is 9.90 Å². The van der Waals surface area contributed by atoms with Gasteiger partial charge >= 0.3 is 0 Å². The predicted octanol–water partition coefficient (Wildman–Crippen LogP) is 2.13. The summed E-state index contributed by atoms with van der Waals surface area (Å²) in [4.78, 5) is 14.3. The Morgan fingerprint density at radius 2 is 1.68 bits per heavy atom. The van der Waals surface area contributed by atoms with Crippen LogP contribution >= 0.6 is 12.4 Å². The van der Waals surface area contributed by atoms with Crippen LogP contribution in [-0.2, 0) is 4.79 Å². The first kappa shape index (κ1) is 17.3. The van der Waals surface area contributed by atoms with E-state index in [0.29, 0.717) is 11.0 Å². The number of halogens is 1. The smallest absolute Gasteiger partial charge is 0.256 e. The van der Waals surface area contributed by atoms with Crippen LogP contribution in [0.3, 0.4) is 0 Å². The van der Waals surface area contributed by atoms with Crippen molar-refractivity contribution >= 4 is 18.3 Å². The second-order valence-electron chi connectivity index (χ2n) is 6.39. The molecule has 1 amide bonds. The quantitative estimate of drug-likeness (QED) is 0.876. The van der Waals surface area contributed by atoms with Gasteiger partial charge in [0, 0.05) is 13.1 Å². The minimum Gasteiger partial charge on any atom is -0.378 e. The number of piperidine rings is 2. The van der Waals surface area contributed by atoms with Crippen molar-refractivity contribution in [2.24, 2.45) is 5.41 Å². The minimum atomic E-state index is -1.02. The van der Waals surface area contributed by atoms with E-state index in [4.69, 9.17) is 0 Å². The normalized spacial score (nSPS) is 22.0. The number of aliphatic hydroxyl groups excluding tert-OH is 1. The van der Waals surface area contributed by atoms with E-state index in [0.717, 1.165) is 39.0 Å². The summed E-state index contributed by atoms with van der Waals surface area (Å²) < 4.78 is 0. The highest BCUT2D eigenvalue weighted by atomic mass is 35.5. The topological polar surface area (TPSA) is 52.6 Å². The molecule has 2 aliphatic heterocycles. The lowest BCUT2D eigenvalue weighted by Crippen LogP contribution is -2.48. The molecule has 2 saturated heterocycles. The van der Waals surface area contributed by atoms with Crippen LogP contribution in [0.4, 0.5) is 0 Å². The van der Waals surface area contributed by atoms with Crippen molar-refractivity contribution in [3.05, 3.63) is 35.9 Å². The fourth-order valence-electron chi connectivity index (χ4n) is 3.61. The molecule has 0 radical (unpaired) electrons. The number of amides is 1. The van der Waals surface area contributed by atoms with Crippen molar-refractivity contribution in [1.82, 2.24) is 10.2 Å². The molecule has 2 heterocycles. The molecule has 0 aromatic heterocycles. The van der Waals surface area contributed by atoms with E-state index >= 15 is 0 Å². The zero-order chi connectivity index (χ0) is 14.7. The summed E-state index contributed by atoms with van der Waals surface area (Å²) in [6.45, 7) is 3.76. The van der Waals surface area contributed by atoms with Gasteiger partial charge < -0.3 is 15.3 Å². The monoisotopic (exact) mass is 324 g/mol. The summed E-state index contributed by atoms with van der Waals surface area (Å²) in [5, 5.41) is 13.7. The summed E-state index contributed by atoms with van der Waals surface area (Å²) >= 11 is 0. The van der Waals surface area contributed by atoms with Crippen LogP contribution in [0, 0.1) is 5.41 Å². The number of hydrogen-bond donors (Lipinski definition) is 2. The molecule has 1 atom stereocenters. The summed E-state index contributed by atoms with van der Waals surface area (Å²) in [5.74, 6) is -0.148. The van der Waals surface area contributed by atoms with Gasteiger partial charge in [-0.3, -0.25) is 4.79 Å². The van der Waals surface area contributed by atoms with Crippen molar-refractivity contribution in [3.63, 3.8) is 0 Å². The molecular formula is C17H25ClN2O2. The molecule has 2 N–H and O–H groups in total. The van der Waals surface area contributed by atoms with Crippen LogP contribution in [0.2, 0.25) is 0 Å². The molecule has 122 valence electrons. The van der Waals surface area contributed by atoms with E-state index in [1.807, 2.05) is 23.1 Å². The average molecular weight is 325 g/mol. The van der Waals surface area contributed by atoms with E-state index in [1.165, 1.54) is 12.8 Å². The fraction of sp³-hybridized carbons (Fsp3) is 0.588. The Morgan fingerprint density at radius 3 is 2.27 bits per heavy atom. The largest absolute Gasteiger partial charge is 0.378 e. The molecule has 22 heavy (non-hydrogen) atoms. The van der Waals surface area contributed by atoms with Crippen molar-refractivity contribution in [2.45, 2.75) is 31.8 Å². The Labute approximate surface area is 138 Å². The van der Waals surface area contributed by atoms with Crippen LogP contribution in [-0.4, -0.2) is 42.1 Å². The number of likely N-dealkylation sites (tertiary alicyclic amines) is 1. The first-order valence-electron chi connectivity index (χ1n) is 7.93. The van der Waals surface area contributed by atoms with Gasteiger partial charge in [0.1, 0.15) is 0 Å². The van der Waals surface area contributed by atoms with E-state index < -0.39 is 6.10 Å². The van der Waals surface area contributed by atoms with E-state index in [9.17, 15) is 9.90 Å². The lowest BCUT2D eigenvalue weighted by atomic mass is 9.71. The third-order valence-corrected chi connectivity index (χ3v) is 5.15. The Balaban J connectivity index is 0.00000176. The molecule has 1 aromatic rings. The molecule has 1 unspecified atom stereocenters. The van der Waals surface area contributed by atoms with Crippen LogP contribution < -0.4 is 5.32 Å². The molecule has 2 fully saturated rings. The van der Waals surface area contributed by atoms with Gasteiger partial charge in [-0.1, -0.05) is 30.3 Å². The fourth-order valence-corrected chi connectivity index (χ4v) is 3.61. The number of nitrogens with one attached hydrogen (secondary N) is 1. The summed E-state index contributed by atoms with van der Waals surface area (Å²) in [5.41, 5.74) is 1.12. The Bertz CT molecular complexity index is 479. The standard InChI is InChI=1S/C17H24N2O2.ClH/c20-15(14-4-2-1-3-5-14)16(21)19-12-8-17(9-13-19)6-10-18-11-7-17;/h1-5,15,18,20H,6-13H2;1H. The second kappa shape index (κ2) is 7.44. The van der Waals surface area contributed by atoms with Gasteiger partial charge in [-0.15, -0.1) is 12.4 Å². The lowest BCUT2D eigenvalue weighted by Gasteiger charge is -2.44. The van der Waals surface area contributed by atoms with Gasteiger partial charge in [-0.25, -0.2) is 0 Å². The van der Waals surface area contributed by atoms with Gasteiger partial charge in [0.2, 0.25) is 0 Å². The maximum absolute atomic E-state index is 12.4. The Hall–Kier alpha value is -1.10. The maximum Gasteiger partial charge on any atom is 0.256 e. The molecular weight excluding hydrogens is 300 g/mol. The van der Waals surface area contributed by atoms with E-state index in [1.54, 1.807) is 12.1 Å². The number of carbonyl (C=O) groups is 1. The van der Waals surface area contributed by atoms with Gasteiger partial charge in [0.15, 0.2) is 6.10 Å². The number of aliphatic hydroxyl groups is 1. The predicted molar refractivity (Wildman–Crippen MR) is 89.0 cm³/mol. The van der Waals surface area contributed by atoms with Crippen LogP contribution in [0.15, 0.2) is 30.3 Å². The van der Waals surface area contributed by atoms with E-state index in [2.05, 4.69) is 5.32 Å². The highest BCUT2D eigenvalue weighted by molar-refractivity contribution is 5.85. The minimum absolute atomic E-state index is 0. The van der Waals surface area contributed by atoms with Gasteiger partial charge in [0.05, 0.1) is 0 Å². The Kier molecular flexibility index (Phi) is 5.84. The number of hydrogen-bond acceptors (Lipinski definition) is 3. The van der Waals surface area contributed by atoms with Crippen molar-refractivity contribution in [1.29, 1.82) is 0 Å². The van der Waals surface area contributed by atoms with Crippen molar-refractivity contribution in [3.8, 4) is 0 Å². The van der Waals surface area contributed by atoms with E-state index in [-0.39, 0.29) is 18.3 Å². The van der Waals surface area contributed by atoms with Gasteiger partial charge in [-0.2, -0.15) is 0 Å². The highest BCUT2D eigenvalue weighted by Crippen LogP contribution is 2.39. The molecule has 4 nitrogen and oxygen atoms in total. The lowest BCUT2D eigenvalue weighted by molar-refractivity contribution is -0.143. The summed E-state index contributed by atoms with van der Waals surface area (Å²) in [6, 6.07) is 9.21. The SMILES string of the molecule is Cl.O=C(C(O)c1ccccc1)N1CCC2(CCNCC2)CC1. The van der Waals surface area contributed by atoms with Crippen molar-refractivity contribution in [2.75, 3.05) is 26.2 Å². The van der Waals surface area contributed by atoms with Gasteiger partial charge in [0.25, 0.3) is 5.91 Å². The second-order valence-corrected chi connectivity index (χ2v) is 6.39. The Morgan fingerprint density at radius 1 is 1.09 bits per heavy atom. The maximum atomic E-state index is 12.4.